The number of rotatable bonds is 8. The lowest BCUT2D eigenvalue weighted by atomic mass is 10.1. The maximum atomic E-state index is 12.7. The Morgan fingerprint density at radius 1 is 1.06 bits per heavy atom. The fourth-order valence-corrected chi connectivity index (χ4v) is 3.72. The summed E-state index contributed by atoms with van der Waals surface area (Å²) in [6.45, 7) is 4.32. The van der Waals surface area contributed by atoms with Gasteiger partial charge in [0, 0.05) is 29.6 Å². The molecule has 3 aromatic rings. The smallest absolute Gasteiger partial charge is 0.331 e. The second-order valence-electron chi connectivity index (χ2n) is 7.70. The van der Waals surface area contributed by atoms with Gasteiger partial charge in [-0.15, -0.1) is 0 Å². The summed E-state index contributed by atoms with van der Waals surface area (Å²) in [4.78, 5) is 24.8. The number of methoxy groups -OCH3 is 1. The molecular formula is C26H25NO6. The number of aromatic nitrogens is 1. The highest BCUT2D eigenvalue weighted by atomic mass is 16.7. The Labute approximate surface area is 192 Å². The van der Waals surface area contributed by atoms with E-state index in [4.69, 9.17) is 18.9 Å². The van der Waals surface area contributed by atoms with E-state index in [9.17, 15) is 9.59 Å². The zero-order valence-corrected chi connectivity index (χ0v) is 18.8. The molecule has 4 rings (SSSR count). The van der Waals surface area contributed by atoms with Gasteiger partial charge in [-0.1, -0.05) is 18.2 Å². The van der Waals surface area contributed by atoms with Crippen molar-refractivity contribution in [1.29, 1.82) is 0 Å². The average Bonchev–Trinajstić information content (AvgIpc) is 3.40. The lowest BCUT2D eigenvalue weighted by Crippen LogP contribution is -2.13. The molecule has 0 unspecified atom stereocenters. The van der Waals surface area contributed by atoms with E-state index in [1.807, 2.05) is 56.3 Å². The largest absolute Gasteiger partial charge is 0.497 e. The molecule has 2 heterocycles. The summed E-state index contributed by atoms with van der Waals surface area (Å²) in [5.41, 5.74) is 4.13. The number of carbonyl (C=O) groups is 2. The van der Waals surface area contributed by atoms with Gasteiger partial charge in [-0.2, -0.15) is 0 Å². The first-order valence-corrected chi connectivity index (χ1v) is 10.5. The lowest BCUT2D eigenvalue weighted by molar-refractivity contribution is -0.136. The summed E-state index contributed by atoms with van der Waals surface area (Å²) in [6.07, 6.45) is 2.91. The van der Waals surface area contributed by atoms with Crippen molar-refractivity contribution in [2.75, 3.05) is 20.5 Å². The van der Waals surface area contributed by atoms with E-state index in [0.29, 0.717) is 17.9 Å². The number of hydrogen-bond acceptors (Lipinski definition) is 6. The number of nitrogens with zero attached hydrogens (tertiary/aromatic N) is 1. The number of aryl methyl sites for hydroxylation is 1. The van der Waals surface area contributed by atoms with Crippen LogP contribution in [0, 0.1) is 13.8 Å². The Kier molecular flexibility index (Phi) is 6.49. The van der Waals surface area contributed by atoms with Gasteiger partial charge in [0.25, 0.3) is 0 Å². The van der Waals surface area contributed by atoms with Crippen molar-refractivity contribution in [1.82, 2.24) is 4.57 Å². The zero-order valence-electron chi connectivity index (χ0n) is 18.8. The van der Waals surface area contributed by atoms with Crippen molar-refractivity contribution < 1.29 is 28.5 Å². The van der Waals surface area contributed by atoms with Gasteiger partial charge < -0.3 is 23.5 Å². The molecule has 1 aliphatic rings. The van der Waals surface area contributed by atoms with Crippen LogP contribution in [-0.2, 0) is 16.1 Å². The quantitative estimate of drug-likeness (QED) is 0.291. The molecule has 2 aromatic carbocycles. The molecule has 0 saturated heterocycles. The monoisotopic (exact) mass is 447 g/mol. The highest BCUT2D eigenvalue weighted by Crippen LogP contribution is 2.33. The van der Waals surface area contributed by atoms with Crippen LogP contribution in [0.4, 0.5) is 0 Å². The number of esters is 1. The third-order valence-corrected chi connectivity index (χ3v) is 5.50. The summed E-state index contributed by atoms with van der Waals surface area (Å²) < 4.78 is 23.2. The van der Waals surface area contributed by atoms with Crippen LogP contribution in [-0.4, -0.2) is 36.8 Å². The van der Waals surface area contributed by atoms with Crippen LogP contribution in [0.25, 0.3) is 6.08 Å². The molecule has 0 atom stereocenters. The number of Topliss-reactive ketones (excluding diaryl/α,β-unsaturated/α-hetero) is 1. The van der Waals surface area contributed by atoms with Crippen LogP contribution in [0.15, 0.2) is 54.6 Å². The first-order valence-electron chi connectivity index (χ1n) is 10.5. The Hall–Kier alpha value is -4.00. The first kappa shape index (κ1) is 22.2. The van der Waals surface area contributed by atoms with E-state index in [1.54, 1.807) is 19.3 Å². The second kappa shape index (κ2) is 9.65. The fourth-order valence-electron chi connectivity index (χ4n) is 3.72. The van der Waals surface area contributed by atoms with Gasteiger partial charge in [-0.25, -0.2) is 4.79 Å². The number of hydrogen-bond donors (Lipinski definition) is 0. The van der Waals surface area contributed by atoms with Crippen molar-refractivity contribution in [3.63, 3.8) is 0 Å². The predicted molar refractivity (Wildman–Crippen MR) is 123 cm³/mol. The summed E-state index contributed by atoms with van der Waals surface area (Å²) in [5.74, 6) is 1.32. The molecule has 0 fully saturated rings. The number of benzene rings is 2. The first-order chi connectivity index (χ1) is 15.9. The van der Waals surface area contributed by atoms with Crippen LogP contribution >= 0.6 is 0 Å². The molecule has 0 bridgehead atoms. The van der Waals surface area contributed by atoms with E-state index < -0.39 is 5.97 Å². The van der Waals surface area contributed by atoms with Crippen LogP contribution in [0.3, 0.4) is 0 Å². The number of carbonyl (C=O) groups excluding carboxylic acids is 2. The van der Waals surface area contributed by atoms with Gasteiger partial charge >= 0.3 is 5.97 Å². The third kappa shape index (κ3) is 5.09. The van der Waals surface area contributed by atoms with Gasteiger partial charge in [0.05, 0.1) is 7.11 Å². The van der Waals surface area contributed by atoms with Crippen LogP contribution in [0.2, 0.25) is 0 Å². The Morgan fingerprint density at radius 3 is 2.70 bits per heavy atom. The molecule has 0 saturated carbocycles. The molecule has 7 nitrogen and oxygen atoms in total. The molecule has 170 valence electrons. The summed E-state index contributed by atoms with van der Waals surface area (Å²) in [7, 11) is 1.58. The SMILES string of the molecule is COc1cccc(C=CC(=O)OCC(=O)c2cc(C)n(Cc3ccc4c(c3)OCO4)c2C)c1. The van der Waals surface area contributed by atoms with Gasteiger partial charge in [-0.3, -0.25) is 4.79 Å². The minimum absolute atomic E-state index is 0.229. The average molecular weight is 447 g/mol. The number of ketones is 1. The predicted octanol–water partition coefficient (Wildman–Crippen LogP) is 4.33. The molecule has 1 aromatic heterocycles. The molecule has 1 aliphatic heterocycles. The molecule has 0 spiro atoms. The standard InChI is InChI=1S/C26H25NO6/c1-17-11-22(18(2)27(17)14-20-7-9-24-25(13-20)33-16-32-24)23(28)15-31-26(29)10-8-19-5-4-6-21(12-19)30-3/h4-13H,14-16H2,1-3H3. The molecule has 0 radical (unpaired) electrons. The van der Waals surface area contributed by atoms with Crippen molar-refractivity contribution >= 4 is 17.8 Å². The van der Waals surface area contributed by atoms with E-state index in [2.05, 4.69) is 4.57 Å². The van der Waals surface area contributed by atoms with E-state index in [-0.39, 0.29) is 19.2 Å². The third-order valence-electron chi connectivity index (χ3n) is 5.50. The Morgan fingerprint density at radius 2 is 1.88 bits per heavy atom. The van der Waals surface area contributed by atoms with Gasteiger partial charge in [0.2, 0.25) is 12.6 Å². The van der Waals surface area contributed by atoms with E-state index >= 15 is 0 Å². The summed E-state index contributed by atoms with van der Waals surface area (Å²) >= 11 is 0. The Balaban J connectivity index is 1.38. The highest BCUT2D eigenvalue weighted by molar-refractivity contribution is 6.00. The summed E-state index contributed by atoms with van der Waals surface area (Å²) in [6, 6.07) is 14.9. The molecule has 7 heteroatoms. The van der Waals surface area contributed by atoms with Crippen molar-refractivity contribution in [2.24, 2.45) is 0 Å². The van der Waals surface area contributed by atoms with Crippen molar-refractivity contribution in [3.8, 4) is 17.2 Å². The van der Waals surface area contributed by atoms with Gasteiger partial charge in [0.15, 0.2) is 18.1 Å². The minimum Gasteiger partial charge on any atom is -0.497 e. The van der Waals surface area contributed by atoms with Crippen molar-refractivity contribution in [2.45, 2.75) is 20.4 Å². The minimum atomic E-state index is -0.583. The lowest BCUT2D eigenvalue weighted by Gasteiger charge is -2.10. The molecule has 0 N–H and O–H groups in total. The zero-order chi connectivity index (χ0) is 23.4. The maximum Gasteiger partial charge on any atom is 0.331 e. The highest BCUT2D eigenvalue weighted by Gasteiger charge is 2.18. The molecule has 0 aliphatic carbocycles. The van der Waals surface area contributed by atoms with Crippen LogP contribution in [0.1, 0.15) is 32.9 Å². The Bertz CT molecular complexity index is 1220. The summed E-state index contributed by atoms with van der Waals surface area (Å²) in [5, 5.41) is 0. The number of fused-ring (bicyclic) bond motifs is 1. The normalized spacial score (nSPS) is 12.2. The van der Waals surface area contributed by atoms with Gasteiger partial charge in [-0.05, 0) is 61.4 Å². The molecule has 0 amide bonds. The molecular weight excluding hydrogens is 422 g/mol. The van der Waals surface area contributed by atoms with Crippen molar-refractivity contribution in [3.05, 3.63) is 82.7 Å². The molecule has 33 heavy (non-hydrogen) atoms. The topological polar surface area (TPSA) is 76.0 Å². The number of ether oxygens (including phenoxy) is 4. The van der Waals surface area contributed by atoms with Crippen LogP contribution < -0.4 is 14.2 Å². The van der Waals surface area contributed by atoms with Gasteiger partial charge in [0.1, 0.15) is 5.75 Å². The van der Waals surface area contributed by atoms with E-state index in [0.717, 1.165) is 34.0 Å². The van der Waals surface area contributed by atoms with E-state index in [1.165, 1.54) is 6.08 Å². The van der Waals surface area contributed by atoms with Crippen LogP contribution in [0.5, 0.6) is 17.2 Å². The fraction of sp³-hybridized carbons (Fsp3) is 0.231. The second-order valence-corrected chi connectivity index (χ2v) is 7.70. The maximum absolute atomic E-state index is 12.7.